The molecule has 0 aliphatic heterocycles. The first-order valence-electron chi connectivity index (χ1n) is 14.9. The Labute approximate surface area is 220 Å². The van der Waals surface area contributed by atoms with Gasteiger partial charge in [-0.3, -0.25) is 4.79 Å². The Hall–Kier alpha value is 0.0500. The van der Waals surface area contributed by atoms with Crippen molar-refractivity contribution in [2.45, 2.75) is 141 Å². The minimum Gasteiger partial charge on any atom is -0.286 e. The van der Waals surface area contributed by atoms with Crippen LogP contribution in [0.5, 0.6) is 0 Å². The van der Waals surface area contributed by atoms with Gasteiger partial charge in [0, 0.05) is 5.25 Å². The second-order valence-electron chi connectivity index (χ2n) is 12.8. The molecule has 1 nitrogen and oxygen atoms in total. The van der Waals surface area contributed by atoms with E-state index >= 15 is 0 Å². The van der Waals surface area contributed by atoms with Gasteiger partial charge < -0.3 is 0 Å². The molecule has 0 aromatic carbocycles. The van der Waals surface area contributed by atoms with Gasteiger partial charge >= 0.3 is 0 Å². The molecule has 4 aliphatic carbocycles. The minimum atomic E-state index is -0.314. The summed E-state index contributed by atoms with van der Waals surface area (Å²) < 4.78 is 0. The van der Waals surface area contributed by atoms with Gasteiger partial charge in [0.15, 0.2) is 0 Å². The third kappa shape index (κ3) is 5.34. The molecular formula is C31H51ClOS. The van der Waals surface area contributed by atoms with Crippen LogP contribution in [0.15, 0.2) is 11.6 Å². The summed E-state index contributed by atoms with van der Waals surface area (Å²) in [6, 6.07) is 0. The first-order chi connectivity index (χ1) is 16.3. The van der Waals surface area contributed by atoms with Crippen LogP contribution in [0.3, 0.4) is 0 Å². The average Bonchev–Trinajstić information content (AvgIpc) is 3.17. The van der Waals surface area contributed by atoms with Crippen LogP contribution in [-0.4, -0.2) is 15.7 Å². The van der Waals surface area contributed by atoms with Gasteiger partial charge in [0.05, 0.1) is 0 Å². The molecule has 3 saturated carbocycles. The maximum atomic E-state index is 12.5. The molecule has 0 radical (unpaired) electrons. The van der Waals surface area contributed by atoms with Gasteiger partial charge in [-0.15, -0.1) is 11.6 Å². The highest BCUT2D eigenvalue weighted by Gasteiger charge is 2.58. The largest absolute Gasteiger partial charge is 0.286 e. The summed E-state index contributed by atoms with van der Waals surface area (Å²) in [4.78, 5) is 12.5. The van der Waals surface area contributed by atoms with Crippen molar-refractivity contribution >= 4 is 28.5 Å². The first kappa shape index (κ1) is 27.1. The Morgan fingerprint density at radius 3 is 2.56 bits per heavy atom. The quantitative estimate of drug-likeness (QED) is 0.166. The Morgan fingerprint density at radius 2 is 1.79 bits per heavy atom. The molecule has 4 rings (SSSR count). The van der Waals surface area contributed by atoms with Gasteiger partial charge in [-0.25, -0.2) is 0 Å². The van der Waals surface area contributed by atoms with E-state index in [1.807, 2.05) is 6.92 Å². The van der Waals surface area contributed by atoms with Crippen LogP contribution < -0.4 is 0 Å². The predicted molar refractivity (Wildman–Crippen MR) is 150 cm³/mol. The number of carbonyl (C=O) groups excluding carboxylic acids is 1. The molecule has 0 bridgehead atoms. The number of allylic oxidation sites excluding steroid dienone is 2. The van der Waals surface area contributed by atoms with E-state index in [-0.39, 0.29) is 10.5 Å². The van der Waals surface area contributed by atoms with E-state index in [2.05, 4.69) is 26.8 Å². The topological polar surface area (TPSA) is 17.1 Å². The highest BCUT2D eigenvalue weighted by molar-refractivity contribution is 8.14. The summed E-state index contributed by atoms with van der Waals surface area (Å²) in [5.41, 5.74) is 2.67. The summed E-state index contributed by atoms with van der Waals surface area (Å²) in [6.45, 7) is 9.62. The number of rotatable bonds is 10. The lowest BCUT2D eigenvalue weighted by atomic mass is 9.47. The lowest BCUT2D eigenvalue weighted by Crippen LogP contribution is -2.50. The fourth-order valence-electron chi connectivity index (χ4n) is 8.89. The van der Waals surface area contributed by atoms with Crippen molar-refractivity contribution in [3.8, 4) is 0 Å². The van der Waals surface area contributed by atoms with Crippen LogP contribution >= 0.6 is 23.4 Å². The summed E-state index contributed by atoms with van der Waals surface area (Å²) in [7, 11) is 0. The molecule has 0 aromatic rings. The molecule has 0 spiro atoms. The molecular weight excluding hydrogens is 456 g/mol. The van der Waals surface area contributed by atoms with E-state index in [9.17, 15) is 4.79 Å². The van der Waals surface area contributed by atoms with Crippen LogP contribution in [-0.2, 0) is 4.79 Å². The van der Waals surface area contributed by atoms with Crippen LogP contribution in [0.25, 0.3) is 0 Å². The number of carbonyl (C=O) groups is 1. The second-order valence-corrected chi connectivity index (χ2v) is 14.6. The summed E-state index contributed by atoms with van der Waals surface area (Å²) in [6.07, 6.45) is 24.2. The maximum absolute atomic E-state index is 12.5. The van der Waals surface area contributed by atoms with E-state index in [0.29, 0.717) is 16.1 Å². The maximum Gasteiger partial charge on any atom is 0.207 e. The lowest BCUT2D eigenvalue weighted by Gasteiger charge is -2.58. The van der Waals surface area contributed by atoms with Gasteiger partial charge in [0.2, 0.25) is 5.12 Å². The molecule has 1 unspecified atom stereocenters. The Bertz CT molecular complexity index is 733. The van der Waals surface area contributed by atoms with Crippen molar-refractivity contribution in [3.05, 3.63) is 11.6 Å². The standard InChI is InChI=1S/C31H51ClOS/c1-5-7-8-9-10-11-12-22-14-16-26-25-15-13-23-21-24(34-29(33)28(32)6-2)17-19-31(23,4)27(25)18-20-30(22,26)3/h13,22,24-28H,5-12,14-21H2,1-4H3/t22-,24-,25-,26-,27-,28?,30+,31-/m0/s1. The van der Waals surface area contributed by atoms with E-state index in [0.717, 1.165) is 36.5 Å². The Morgan fingerprint density at radius 1 is 1.03 bits per heavy atom. The molecule has 0 aromatic heterocycles. The lowest BCUT2D eigenvalue weighted by molar-refractivity contribution is -0.110. The van der Waals surface area contributed by atoms with Crippen molar-refractivity contribution in [2.24, 2.45) is 34.5 Å². The molecule has 194 valence electrons. The zero-order chi connectivity index (χ0) is 24.3. The summed E-state index contributed by atoms with van der Waals surface area (Å²) in [5.74, 6) is 3.70. The fraction of sp³-hybridized carbons (Fsp3) is 0.903. The number of halogens is 1. The van der Waals surface area contributed by atoms with Crippen molar-refractivity contribution in [1.82, 2.24) is 0 Å². The number of hydrogen-bond acceptors (Lipinski definition) is 2. The third-order valence-electron chi connectivity index (χ3n) is 11.1. The summed E-state index contributed by atoms with van der Waals surface area (Å²) in [5, 5.41) is 0.326. The van der Waals surface area contributed by atoms with Gasteiger partial charge in [0.1, 0.15) is 5.38 Å². The third-order valence-corrected chi connectivity index (χ3v) is 12.9. The van der Waals surface area contributed by atoms with Crippen LogP contribution in [0.4, 0.5) is 0 Å². The molecule has 3 heteroatoms. The van der Waals surface area contributed by atoms with Crippen molar-refractivity contribution in [2.75, 3.05) is 0 Å². The Balaban J connectivity index is 1.37. The molecule has 4 aliphatic rings. The number of alkyl halides is 1. The van der Waals surface area contributed by atoms with Crippen LogP contribution in [0.1, 0.15) is 130 Å². The highest BCUT2D eigenvalue weighted by atomic mass is 35.5. The van der Waals surface area contributed by atoms with E-state index in [4.69, 9.17) is 11.6 Å². The van der Waals surface area contributed by atoms with Crippen molar-refractivity contribution in [1.29, 1.82) is 0 Å². The van der Waals surface area contributed by atoms with Gasteiger partial charge in [0.25, 0.3) is 0 Å². The minimum absolute atomic E-state index is 0.197. The van der Waals surface area contributed by atoms with Crippen LogP contribution in [0, 0.1) is 34.5 Å². The number of unbranched alkanes of at least 4 members (excludes halogenated alkanes) is 5. The van der Waals surface area contributed by atoms with E-state index in [1.165, 1.54) is 89.9 Å². The fourth-order valence-corrected chi connectivity index (χ4v) is 10.2. The Kier molecular flexibility index (Phi) is 9.26. The highest BCUT2D eigenvalue weighted by Crippen LogP contribution is 2.67. The van der Waals surface area contributed by atoms with Crippen molar-refractivity contribution < 1.29 is 4.79 Å². The number of hydrogen-bond donors (Lipinski definition) is 0. The predicted octanol–water partition coefficient (Wildman–Crippen LogP) is 9.96. The number of thioether (sulfide) groups is 1. The van der Waals surface area contributed by atoms with Crippen molar-refractivity contribution in [3.63, 3.8) is 0 Å². The SMILES string of the molecule is CCCCCCCC[C@H]1CC[C@H]2[C@@H]3CC=C4C[C@@H](SC(=O)C(Cl)CC)CC[C@]4(C)[C@H]3CC[C@]12C. The average molecular weight is 507 g/mol. The normalized spacial score (nSPS) is 40.1. The summed E-state index contributed by atoms with van der Waals surface area (Å²) >= 11 is 7.80. The molecule has 34 heavy (non-hydrogen) atoms. The van der Waals surface area contributed by atoms with Gasteiger partial charge in [-0.05, 0) is 98.7 Å². The first-order valence-corrected chi connectivity index (χ1v) is 16.2. The van der Waals surface area contributed by atoms with Gasteiger partial charge in [-0.2, -0.15) is 0 Å². The smallest absolute Gasteiger partial charge is 0.207 e. The zero-order valence-electron chi connectivity index (χ0n) is 22.5. The zero-order valence-corrected chi connectivity index (χ0v) is 24.1. The second kappa shape index (κ2) is 11.6. The van der Waals surface area contributed by atoms with Crippen LogP contribution in [0.2, 0.25) is 0 Å². The van der Waals surface area contributed by atoms with E-state index in [1.54, 1.807) is 17.3 Å². The molecule has 0 N–H and O–H groups in total. The molecule has 3 fully saturated rings. The molecule has 8 atom stereocenters. The van der Waals surface area contributed by atoms with E-state index < -0.39 is 0 Å². The number of fused-ring (bicyclic) bond motifs is 5. The van der Waals surface area contributed by atoms with Gasteiger partial charge in [-0.1, -0.05) is 89.6 Å². The monoisotopic (exact) mass is 506 g/mol. The molecule has 0 amide bonds. The molecule has 0 heterocycles. The molecule has 0 saturated heterocycles.